The molecule has 0 radical (unpaired) electrons. The van der Waals surface area contributed by atoms with E-state index in [1.807, 2.05) is 0 Å². The lowest BCUT2D eigenvalue weighted by Crippen LogP contribution is -2.15. The van der Waals surface area contributed by atoms with Crippen molar-refractivity contribution >= 4 is 33.0 Å². The number of thiophene rings is 1. The zero-order valence-corrected chi connectivity index (χ0v) is 12.4. The molecule has 0 bridgehead atoms. The lowest BCUT2D eigenvalue weighted by Gasteiger charge is -2.08. The summed E-state index contributed by atoms with van der Waals surface area (Å²) >= 11 is 0.858. The van der Waals surface area contributed by atoms with E-state index >= 15 is 0 Å². The molecule has 0 aliphatic heterocycles. The molecule has 0 unspecified atom stereocenters. The lowest BCUT2D eigenvalue weighted by atomic mass is 10.1. The molecule has 2 rings (SSSR count). The molecule has 0 amide bonds. The second-order valence-electron chi connectivity index (χ2n) is 4.20. The first-order chi connectivity index (χ1) is 9.94. The van der Waals surface area contributed by atoms with Gasteiger partial charge in [-0.3, -0.25) is 4.72 Å². The normalized spacial score (nSPS) is 11.3. The number of aliphatic hydroxyl groups excluding tert-OH is 1. The second-order valence-corrected chi connectivity index (χ2v) is 6.76. The van der Waals surface area contributed by atoms with Crippen LogP contribution in [-0.4, -0.2) is 31.2 Å². The number of aromatic carboxylic acids is 1. The number of hydrogen-bond donors (Lipinski definition) is 3. The van der Waals surface area contributed by atoms with E-state index in [-0.39, 0.29) is 16.4 Å². The van der Waals surface area contributed by atoms with Crippen molar-refractivity contribution in [2.24, 2.45) is 0 Å². The minimum Gasteiger partial charge on any atom is -0.477 e. The van der Waals surface area contributed by atoms with Crippen LogP contribution in [0.5, 0.6) is 0 Å². The van der Waals surface area contributed by atoms with E-state index in [2.05, 4.69) is 4.72 Å². The summed E-state index contributed by atoms with van der Waals surface area (Å²) in [5.74, 6) is -1.27. The minimum atomic E-state index is -3.94. The molecule has 0 saturated heterocycles. The number of hydrogen-bond acceptors (Lipinski definition) is 5. The van der Waals surface area contributed by atoms with E-state index in [1.165, 1.54) is 11.4 Å². The number of rotatable bonds is 6. The highest BCUT2D eigenvalue weighted by Gasteiger charge is 2.23. The maximum absolute atomic E-state index is 12.2. The van der Waals surface area contributed by atoms with Crippen molar-refractivity contribution in [3.05, 3.63) is 46.2 Å². The number of aliphatic hydroxyl groups is 1. The third-order valence-corrected chi connectivity index (χ3v) is 5.17. The SMILES string of the molecule is O=C(O)c1sccc1S(=O)(=O)Nc1ccc(CCO)cc1. The number of carboxylic acids is 1. The Bertz CT molecular complexity index is 734. The fourth-order valence-electron chi connectivity index (χ4n) is 1.74. The molecular formula is C13H13NO5S2. The first-order valence-electron chi connectivity index (χ1n) is 5.97. The zero-order valence-electron chi connectivity index (χ0n) is 10.8. The predicted molar refractivity (Wildman–Crippen MR) is 79.3 cm³/mol. The maximum Gasteiger partial charge on any atom is 0.347 e. The smallest absolute Gasteiger partial charge is 0.347 e. The van der Waals surface area contributed by atoms with Crippen molar-refractivity contribution in [2.75, 3.05) is 11.3 Å². The van der Waals surface area contributed by atoms with Gasteiger partial charge in [-0.15, -0.1) is 11.3 Å². The van der Waals surface area contributed by atoms with E-state index in [4.69, 9.17) is 10.2 Å². The van der Waals surface area contributed by atoms with Crippen molar-refractivity contribution in [1.29, 1.82) is 0 Å². The van der Waals surface area contributed by atoms with E-state index in [0.29, 0.717) is 12.1 Å². The summed E-state index contributed by atoms with van der Waals surface area (Å²) in [7, 11) is -3.94. The van der Waals surface area contributed by atoms with Gasteiger partial charge in [-0.2, -0.15) is 0 Å². The Hall–Kier alpha value is -1.90. The van der Waals surface area contributed by atoms with Gasteiger partial charge in [0.1, 0.15) is 9.77 Å². The second kappa shape index (κ2) is 6.25. The standard InChI is InChI=1S/C13H13NO5S2/c15-7-5-9-1-3-10(4-2-9)14-21(18,19)11-6-8-20-12(11)13(16)17/h1-4,6,8,14-15H,5,7H2,(H,16,17). The summed E-state index contributed by atoms with van der Waals surface area (Å²) in [5.41, 5.74) is 1.21. The summed E-state index contributed by atoms with van der Waals surface area (Å²) in [4.78, 5) is 10.5. The van der Waals surface area contributed by atoms with E-state index in [0.717, 1.165) is 16.9 Å². The van der Waals surface area contributed by atoms with Gasteiger partial charge < -0.3 is 10.2 Å². The number of anilines is 1. The molecule has 6 nitrogen and oxygen atoms in total. The Kier molecular flexibility index (Phi) is 4.61. The van der Waals surface area contributed by atoms with Gasteiger partial charge in [-0.1, -0.05) is 12.1 Å². The average molecular weight is 327 g/mol. The Morgan fingerprint density at radius 3 is 2.43 bits per heavy atom. The monoisotopic (exact) mass is 327 g/mol. The summed E-state index contributed by atoms with van der Waals surface area (Å²) in [5, 5.41) is 19.2. The molecular weight excluding hydrogens is 314 g/mol. The molecule has 112 valence electrons. The number of sulfonamides is 1. The van der Waals surface area contributed by atoms with Gasteiger partial charge in [0, 0.05) is 12.3 Å². The van der Waals surface area contributed by atoms with Crippen molar-refractivity contribution in [2.45, 2.75) is 11.3 Å². The van der Waals surface area contributed by atoms with Crippen molar-refractivity contribution in [1.82, 2.24) is 0 Å². The third kappa shape index (κ3) is 3.60. The molecule has 3 N–H and O–H groups in total. The fourth-order valence-corrected chi connectivity index (χ4v) is 4.06. The molecule has 0 fully saturated rings. The number of nitrogens with one attached hydrogen (secondary N) is 1. The predicted octanol–water partition coefficient (Wildman–Crippen LogP) is 1.78. The number of carbonyl (C=O) groups is 1. The maximum atomic E-state index is 12.2. The van der Waals surface area contributed by atoms with Gasteiger partial charge in [0.25, 0.3) is 10.0 Å². The topological polar surface area (TPSA) is 104 Å². The van der Waals surface area contributed by atoms with Gasteiger partial charge in [0.15, 0.2) is 0 Å². The van der Waals surface area contributed by atoms with Crippen LogP contribution in [0.25, 0.3) is 0 Å². The Morgan fingerprint density at radius 1 is 1.19 bits per heavy atom. The molecule has 1 aromatic carbocycles. The first kappa shape index (κ1) is 15.5. The van der Waals surface area contributed by atoms with Crippen LogP contribution in [0.15, 0.2) is 40.6 Å². The highest BCUT2D eigenvalue weighted by molar-refractivity contribution is 7.93. The van der Waals surface area contributed by atoms with Gasteiger partial charge in [-0.25, -0.2) is 13.2 Å². The molecule has 8 heteroatoms. The van der Waals surface area contributed by atoms with Crippen LogP contribution < -0.4 is 4.72 Å². The molecule has 2 aromatic rings. The summed E-state index contributed by atoms with van der Waals surface area (Å²) < 4.78 is 26.7. The quantitative estimate of drug-likeness (QED) is 0.750. The molecule has 0 aliphatic carbocycles. The molecule has 0 spiro atoms. The van der Waals surface area contributed by atoms with Crippen LogP contribution in [0.2, 0.25) is 0 Å². The summed E-state index contributed by atoms with van der Waals surface area (Å²) in [6.07, 6.45) is 0.487. The van der Waals surface area contributed by atoms with Crippen LogP contribution in [0.4, 0.5) is 5.69 Å². The zero-order chi connectivity index (χ0) is 15.5. The molecule has 0 atom stereocenters. The lowest BCUT2D eigenvalue weighted by molar-refractivity contribution is 0.0698. The molecule has 1 aromatic heterocycles. The largest absolute Gasteiger partial charge is 0.477 e. The fraction of sp³-hybridized carbons (Fsp3) is 0.154. The molecule has 0 aliphatic rings. The van der Waals surface area contributed by atoms with Crippen molar-refractivity contribution in [3.63, 3.8) is 0 Å². The van der Waals surface area contributed by atoms with Crippen LogP contribution in [0.1, 0.15) is 15.2 Å². The van der Waals surface area contributed by atoms with Gasteiger partial charge >= 0.3 is 5.97 Å². The van der Waals surface area contributed by atoms with Crippen LogP contribution in [0, 0.1) is 0 Å². The van der Waals surface area contributed by atoms with E-state index in [1.54, 1.807) is 24.3 Å². The van der Waals surface area contributed by atoms with Crippen LogP contribution in [-0.2, 0) is 16.4 Å². The minimum absolute atomic E-state index is 0.0158. The summed E-state index contributed by atoms with van der Waals surface area (Å²) in [6.45, 7) is 0.0158. The molecule has 0 saturated carbocycles. The Balaban J connectivity index is 2.25. The highest BCUT2D eigenvalue weighted by Crippen LogP contribution is 2.24. The van der Waals surface area contributed by atoms with Crippen LogP contribution in [0.3, 0.4) is 0 Å². The molecule has 1 heterocycles. The van der Waals surface area contributed by atoms with E-state index < -0.39 is 16.0 Å². The van der Waals surface area contributed by atoms with Crippen molar-refractivity contribution in [3.8, 4) is 0 Å². The van der Waals surface area contributed by atoms with Crippen LogP contribution >= 0.6 is 11.3 Å². The highest BCUT2D eigenvalue weighted by atomic mass is 32.2. The van der Waals surface area contributed by atoms with Gasteiger partial charge in [0.05, 0.1) is 0 Å². The average Bonchev–Trinajstić information content (AvgIpc) is 2.91. The summed E-state index contributed by atoms with van der Waals surface area (Å²) in [6, 6.07) is 7.78. The first-order valence-corrected chi connectivity index (χ1v) is 8.34. The van der Waals surface area contributed by atoms with Gasteiger partial charge in [0.2, 0.25) is 0 Å². The molecule has 21 heavy (non-hydrogen) atoms. The van der Waals surface area contributed by atoms with Gasteiger partial charge in [-0.05, 0) is 35.6 Å². The van der Waals surface area contributed by atoms with Crippen molar-refractivity contribution < 1.29 is 23.4 Å². The van der Waals surface area contributed by atoms with E-state index in [9.17, 15) is 13.2 Å². The third-order valence-electron chi connectivity index (χ3n) is 2.72. The number of carboxylic acid groups (broad SMARTS) is 1. The Labute approximate surface area is 125 Å². The number of benzene rings is 1. The Morgan fingerprint density at radius 2 is 1.86 bits per heavy atom.